The average Bonchev–Trinajstić information content (AvgIpc) is 2.54. The molecule has 0 saturated carbocycles. The largest absolute Gasteiger partial charge is 0.383 e. The summed E-state index contributed by atoms with van der Waals surface area (Å²) in [6.45, 7) is 4.65. The summed E-state index contributed by atoms with van der Waals surface area (Å²) in [5.41, 5.74) is 1.87. The zero-order valence-electron chi connectivity index (χ0n) is 13.3. The van der Waals surface area contributed by atoms with Gasteiger partial charge in [0.15, 0.2) is 0 Å². The van der Waals surface area contributed by atoms with Crippen LogP contribution in [0.5, 0.6) is 0 Å². The molecule has 0 aromatic heterocycles. The van der Waals surface area contributed by atoms with E-state index < -0.39 is 0 Å². The minimum absolute atomic E-state index is 0.417. The lowest BCUT2D eigenvalue weighted by molar-refractivity contribution is 0.00891. The number of hydrogen-bond donors (Lipinski definition) is 1. The molecule has 1 fully saturated rings. The molecule has 0 bridgehead atoms. The predicted molar refractivity (Wildman–Crippen MR) is 86.6 cm³/mol. The zero-order chi connectivity index (χ0) is 14.8. The van der Waals surface area contributed by atoms with Gasteiger partial charge in [0.25, 0.3) is 0 Å². The van der Waals surface area contributed by atoms with Crippen LogP contribution in [0.15, 0.2) is 30.3 Å². The minimum Gasteiger partial charge on any atom is -0.383 e. The lowest BCUT2D eigenvalue weighted by atomic mass is 9.75. The maximum atomic E-state index is 5.56. The van der Waals surface area contributed by atoms with E-state index in [1.54, 1.807) is 7.11 Å². The van der Waals surface area contributed by atoms with Crippen LogP contribution in [0.3, 0.4) is 0 Å². The smallest absolute Gasteiger partial charge is 0.0587 e. The van der Waals surface area contributed by atoms with Crippen molar-refractivity contribution in [3.05, 3.63) is 35.9 Å². The maximum absolute atomic E-state index is 5.56. The molecule has 1 aromatic carbocycles. The molecule has 0 amide bonds. The van der Waals surface area contributed by atoms with Gasteiger partial charge < -0.3 is 14.8 Å². The van der Waals surface area contributed by atoms with Crippen LogP contribution in [-0.2, 0) is 15.9 Å². The van der Waals surface area contributed by atoms with Crippen molar-refractivity contribution in [3.63, 3.8) is 0 Å². The van der Waals surface area contributed by atoms with Crippen LogP contribution in [0.4, 0.5) is 0 Å². The van der Waals surface area contributed by atoms with E-state index in [1.165, 1.54) is 37.7 Å². The number of ether oxygens (including phenoxy) is 2. The van der Waals surface area contributed by atoms with Crippen LogP contribution in [-0.4, -0.2) is 40.0 Å². The van der Waals surface area contributed by atoms with Gasteiger partial charge in [0.05, 0.1) is 6.61 Å². The Morgan fingerprint density at radius 1 is 1.19 bits per heavy atom. The molecule has 0 atom stereocenters. The molecule has 0 unspecified atom stereocenters. The highest BCUT2D eigenvalue weighted by atomic mass is 16.5. The van der Waals surface area contributed by atoms with E-state index in [4.69, 9.17) is 9.47 Å². The van der Waals surface area contributed by atoms with Gasteiger partial charge in [-0.3, -0.25) is 0 Å². The van der Waals surface area contributed by atoms with Crippen molar-refractivity contribution < 1.29 is 9.47 Å². The Bertz CT molecular complexity index is 374. The van der Waals surface area contributed by atoms with Gasteiger partial charge in [-0.1, -0.05) is 30.3 Å². The van der Waals surface area contributed by atoms with Crippen LogP contribution in [0.2, 0.25) is 0 Å². The van der Waals surface area contributed by atoms with Crippen molar-refractivity contribution in [1.82, 2.24) is 5.32 Å². The minimum atomic E-state index is 0.417. The molecule has 0 aliphatic carbocycles. The highest BCUT2D eigenvalue weighted by molar-refractivity contribution is 5.14. The number of methoxy groups -OCH3 is 1. The van der Waals surface area contributed by atoms with Crippen molar-refractivity contribution in [2.45, 2.75) is 32.1 Å². The Kier molecular flexibility index (Phi) is 7.20. The number of aryl methyl sites for hydroxylation is 1. The first-order chi connectivity index (χ1) is 10.3. The van der Waals surface area contributed by atoms with E-state index in [0.717, 1.165) is 32.9 Å². The second-order valence-corrected chi connectivity index (χ2v) is 6.12. The van der Waals surface area contributed by atoms with Gasteiger partial charge in [-0.15, -0.1) is 0 Å². The topological polar surface area (TPSA) is 30.5 Å². The van der Waals surface area contributed by atoms with Crippen molar-refractivity contribution in [2.24, 2.45) is 5.41 Å². The molecule has 0 radical (unpaired) electrons. The summed E-state index contributed by atoms with van der Waals surface area (Å²) in [4.78, 5) is 0. The standard InChI is InChI=1S/C18H29NO2/c1-20-15-12-19-16-18(10-13-21-14-11-18)9-5-8-17-6-3-2-4-7-17/h2-4,6-7,19H,5,8-16H2,1H3. The molecule has 3 heteroatoms. The fourth-order valence-corrected chi connectivity index (χ4v) is 3.16. The first-order valence-electron chi connectivity index (χ1n) is 8.16. The van der Waals surface area contributed by atoms with Crippen LogP contribution >= 0.6 is 0 Å². The lowest BCUT2D eigenvalue weighted by Gasteiger charge is -2.37. The second kappa shape index (κ2) is 9.19. The Morgan fingerprint density at radius 3 is 2.67 bits per heavy atom. The number of hydrogen-bond acceptors (Lipinski definition) is 3. The molecule has 118 valence electrons. The second-order valence-electron chi connectivity index (χ2n) is 6.12. The fraction of sp³-hybridized carbons (Fsp3) is 0.667. The summed E-state index contributed by atoms with van der Waals surface area (Å²) in [6.07, 6.45) is 6.09. The Balaban J connectivity index is 1.78. The van der Waals surface area contributed by atoms with Crippen molar-refractivity contribution in [2.75, 3.05) is 40.0 Å². The van der Waals surface area contributed by atoms with Crippen molar-refractivity contribution in [1.29, 1.82) is 0 Å². The summed E-state index contributed by atoms with van der Waals surface area (Å²) < 4.78 is 10.7. The van der Waals surface area contributed by atoms with E-state index in [0.29, 0.717) is 5.41 Å². The SMILES string of the molecule is COCCNCC1(CCCc2ccccc2)CCOCC1. The summed E-state index contributed by atoms with van der Waals surface area (Å²) in [7, 11) is 1.76. The van der Waals surface area contributed by atoms with E-state index >= 15 is 0 Å². The van der Waals surface area contributed by atoms with Gasteiger partial charge in [-0.05, 0) is 43.1 Å². The van der Waals surface area contributed by atoms with Gasteiger partial charge >= 0.3 is 0 Å². The van der Waals surface area contributed by atoms with E-state index in [2.05, 4.69) is 35.6 Å². The zero-order valence-corrected chi connectivity index (χ0v) is 13.3. The molecule has 1 aliphatic rings. The number of nitrogens with one attached hydrogen (secondary N) is 1. The Morgan fingerprint density at radius 2 is 1.95 bits per heavy atom. The molecule has 1 aliphatic heterocycles. The van der Waals surface area contributed by atoms with Gasteiger partial charge in [0.2, 0.25) is 0 Å². The first kappa shape index (κ1) is 16.5. The molecule has 3 nitrogen and oxygen atoms in total. The monoisotopic (exact) mass is 291 g/mol. The first-order valence-corrected chi connectivity index (χ1v) is 8.16. The molecule has 21 heavy (non-hydrogen) atoms. The molecule has 1 heterocycles. The van der Waals surface area contributed by atoms with Gasteiger partial charge in [-0.25, -0.2) is 0 Å². The highest BCUT2D eigenvalue weighted by Gasteiger charge is 2.31. The molecule has 0 spiro atoms. The van der Waals surface area contributed by atoms with Gasteiger partial charge in [0, 0.05) is 33.4 Å². The molecule has 2 rings (SSSR count). The van der Waals surface area contributed by atoms with Crippen molar-refractivity contribution in [3.8, 4) is 0 Å². The molecule has 1 saturated heterocycles. The summed E-state index contributed by atoms with van der Waals surface area (Å²) in [5.74, 6) is 0. The maximum Gasteiger partial charge on any atom is 0.0587 e. The fourth-order valence-electron chi connectivity index (χ4n) is 3.16. The molecular formula is C18H29NO2. The van der Waals surface area contributed by atoms with E-state index in [1.807, 2.05) is 0 Å². The number of benzene rings is 1. The molecule has 1 N–H and O–H groups in total. The van der Waals surface area contributed by atoms with E-state index in [9.17, 15) is 0 Å². The van der Waals surface area contributed by atoms with Crippen LogP contribution in [0.25, 0.3) is 0 Å². The van der Waals surface area contributed by atoms with Crippen LogP contribution in [0.1, 0.15) is 31.2 Å². The molecule has 1 aromatic rings. The third kappa shape index (κ3) is 5.77. The van der Waals surface area contributed by atoms with Crippen LogP contribution in [0, 0.1) is 5.41 Å². The van der Waals surface area contributed by atoms with Crippen molar-refractivity contribution >= 4 is 0 Å². The quantitative estimate of drug-likeness (QED) is 0.709. The Labute approximate surface area is 129 Å². The Hall–Kier alpha value is -0.900. The predicted octanol–water partition coefficient (Wildman–Crippen LogP) is 3.04. The van der Waals surface area contributed by atoms with Crippen LogP contribution < -0.4 is 5.32 Å². The summed E-state index contributed by atoms with van der Waals surface area (Å²) in [6, 6.07) is 10.8. The highest BCUT2D eigenvalue weighted by Crippen LogP contribution is 2.35. The van der Waals surface area contributed by atoms with E-state index in [-0.39, 0.29) is 0 Å². The summed E-state index contributed by atoms with van der Waals surface area (Å²) in [5, 5.41) is 3.56. The third-order valence-corrected chi connectivity index (χ3v) is 4.55. The normalized spacial score (nSPS) is 17.8. The average molecular weight is 291 g/mol. The molecular weight excluding hydrogens is 262 g/mol. The van der Waals surface area contributed by atoms with Gasteiger partial charge in [-0.2, -0.15) is 0 Å². The third-order valence-electron chi connectivity index (χ3n) is 4.55. The summed E-state index contributed by atoms with van der Waals surface area (Å²) >= 11 is 0. The lowest BCUT2D eigenvalue weighted by Crippen LogP contribution is -2.40. The van der Waals surface area contributed by atoms with Gasteiger partial charge in [0.1, 0.15) is 0 Å². The number of rotatable bonds is 9.